The minimum atomic E-state index is -0.971. The maximum absolute atomic E-state index is 10.9. The van der Waals surface area contributed by atoms with Gasteiger partial charge in [-0.2, -0.15) is 5.10 Å². The minimum Gasteiger partial charge on any atom is -0.488 e. The second-order valence-electron chi connectivity index (χ2n) is 6.01. The number of carboxylic acid groups (broad SMARTS) is 1. The summed E-state index contributed by atoms with van der Waals surface area (Å²) in [6.45, 7) is 0.291. The fourth-order valence-corrected chi connectivity index (χ4v) is 2.86. The molecule has 9 nitrogen and oxygen atoms in total. The number of pyridine rings is 1. The van der Waals surface area contributed by atoms with Gasteiger partial charge in [0.1, 0.15) is 24.4 Å². The van der Waals surface area contributed by atoms with Gasteiger partial charge in [-0.15, -0.1) is 0 Å². The molecule has 0 atom stereocenters. The monoisotopic (exact) mass is 470 g/mol. The first-order valence-electron chi connectivity index (χ1n) is 8.56. The first-order chi connectivity index (χ1) is 14.4. The van der Waals surface area contributed by atoms with E-state index in [0.29, 0.717) is 18.2 Å². The Morgan fingerprint density at radius 3 is 2.60 bits per heavy atom. The van der Waals surface area contributed by atoms with E-state index < -0.39 is 10.9 Å². The van der Waals surface area contributed by atoms with Gasteiger partial charge in [0, 0.05) is 6.07 Å². The van der Waals surface area contributed by atoms with Crippen LogP contribution in [0.2, 0.25) is 0 Å². The summed E-state index contributed by atoms with van der Waals surface area (Å²) in [4.78, 5) is 24.9. The molecule has 0 aliphatic rings. The molecule has 0 amide bonds. The molecule has 0 unspecified atom stereocenters. The molecule has 152 valence electrons. The van der Waals surface area contributed by atoms with Gasteiger partial charge >= 0.3 is 5.97 Å². The van der Waals surface area contributed by atoms with Gasteiger partial charge in [0.25, 0.3) is 5.69 Å². The highest BCUT2D eigenvalue weighted by Crippen LogP contribution is 2.26. The van der Waals surface area contributed by atoms with E-state index >= 15 is 0 Å². The summed E-state index contributed by atoms with van der Waals surface area (Å²) < 4.78 is 6.49. The number of carboxylic acids is 1. The van der Waals surface area contributed by atoms with Gasteiger partial charge in [-0.3, -0.25) is 15.5 Å². The Bertz CT molecular complexity index is 1090. The van der Waals surface area contributed by atoms with Gasteiger partial charge in [-0.05, 0) is 63.5 Å². The number of hydrogen-bond donors (Lipinski definition) is 2. The van der Waals surface area contributed by atoms with Crippen LogP contribution in [-0.4, -0.2) is 27.2 Å². The normalized spacial score (nSPS) is 10.7. The summed E-state index contributed by atoms with van der Waals surface area (Å²) in [5, 5.41) is 23.6. The van der Waals surface area contributed by atoms with E-state index in [1.165, 1.54) is 24.3 Å². The van der Waals surface area contributed by atoms with Crippen molar-refractivity contribution in [3.8, 4) is 5.75 Å². The van der Waals surface area contributed by atoms with Gasteiger partial charge in [-0.25, -0.2) is 9.78 Å². The van der Waals surface area contributed by atoms with E-state index in [-0.39, 0.29) is 11.3 Å². The number of anilines is 1. The van der Waals surface area contributed by atoms with Crippen molar-refractivity contribution in [3.05, 3.63) is 92.1 Å². The second kappa shape index (κ2) is 9.61. The SMILES string of the molecule is O=C(O)c1ccc(COc2ccc(/C=N\Nc3ccc([N+](=O)[O-])cn3)cc2Br)cc1. The van der Waals surface area contributed by atoms with E-state index in [1.54, 1.807) is 24.4 Å². The van der Waals surface area contributed by atoms with Crippen LogP contribution in [0.3, 0.4) is 0 Å². The molecule has 2 aromatic carbocycles. The van der Waals surface area contributed by atoms with E-state index in [1.807, 2.05) is 12.1 Å². The molecule has 0 saturated carbocycles. The van der Waals surface area contributed by atoms with Crippen molar-refractivity contribution in [1.29, 1.82) is 0 Å². The summed E-state index contributed by atoms with van der Waals surface area (Å²) in [5.41, 5.74) is 4.46. The van der Waals surface area contributed by atoms with E-state index in [9.17, 15) is 14.9 Å². The van der Waals surface area contributed by atoms with Gasteiger partial charge in [0.05, 0.1) is 21.2 Å². The van der Waals surface area contributed by atoms with Crippen LogP contribution in [0.15, 0.2) is 70.4 Å². The van der Waals surface area contributed by atoms with Crippen LogP contribution in [0.25, 0.3) is 0 Å². The molecular weight excluding hydrogens is 456 g/mol. The first kappa shape index (κ1) is 20.9. The third-order valence-electron chi connectivity index (χ3n) is 3.90. The first-order valence-corrected chi connectivity index (χ1v) is 9.36. The Morgan fingerprint density at radius 1 is 1.23 bits per heavy atom. The molecule has 0 bridgehead atoms. The van der Waals surface area contributed by atoms with Crippen molar-refractivity contribution in [2.24, 2.45) is 5.10 Å². The van der Waals surface area contributed by atoms with E-state index in [2.05, 4.69) is 31.4 Å². The fourth-order valence-electron chi connectivity index (χ4n) is 2.35. The third kappa shape index (κ3) is 5.61. The molecule has 3 rings (SSSR count). The third-order valence-corrected chi connectivity index (χ3v) is 4.52. The maximum Gasteiger partial charge on any atom is 0.335 e. The number of aromatic carboxylic acids is 1. The van der Waals surface area contributed by atoms with Gasteiger partial charge in [0.2, 0.25) is 0 Å². The van der Waals surface area contributed by atoms with Crippen molar-refractivity contribution >= 4 is 39.6 Å². The summed E-state index contributed by atoms with van der Waals surface area (Å²) >= 11 is 3.45. The van der Waals surface area contributed by atoms with Crippen LogP contribution in [0.5, 0.6) is 5.75 Å². The van der Waals surface area contributed by atoms with Crippen LogP contribution >= 0.6 is 15.9 Å². The predicted octanol–water partition coefficient (Wildman–Crippen LogP) is 4.48. The summed E-state index contributed by atoms with van der Waals surface area (Å²) in [6, 6.07) is 14.7. The Morgan fingerprint density at radius 2 is 2.00 bits per heavy atom. The number of hydrazone groups is 1. The summed E-state index contributed by atoms with van der Waals surface area (Å²) in [5.74, 6) is 0.0329. The molecule has 0 aliphatic heterocycles. The van der Waals surface area contributed by atoms with Crippen LogP contribution in [0, 0.1) is 10.1 Å². The van der Waals surface area contributed by atoms with Crippen molar-refractivity contribution in [1.82, 2.24) is 4.98 Å². The molecule has 0 radical (unpaired) electrons. The molecule has 0 aliphatic carbocycles. The fraction of sp³-hybridized carbons (Fsp3) is 0.0500. The zero-order valence-electron chi connectivity index (χ0n) is 15.4. The molecule has 0 spiro atoms. The zero-order chi connectivity index (χ0) is 21.5. The number of carbonyl (C=O) groups is 1. The number of nitrogens with one attached hydrogen (secondary N) is 1. The van der Waals surface area contributed by atoms with E-state index in [4.69, 9.17) is 9.84 Å². The van der Waals surface area contributed by atoms with Gasteiger partial charge in [0.15, 0.2) is 0 Å². The quantitative estimate of drug-likeness (QED) is 0.282. The lowest BCUT2D eigenvalue weighted by Crippen LogP contribution is -1.99. The highest BCUT2D eigenvalue weighted by atomic mass is 79.9. The Hall–Kier alpha value is -3.79. The van der Waals surface area contributed by atoms with Crippen molar-refractivity contribution < 1.29 is 19.6 Å². The Labute approximate surface area is 179 Å². The Kier molecular flexibility index (Phi) is 6.71. The number of aromatic nitrogens is 1. The largest absolute Gasteiger partial charge is 0.488 e. The van der Waals surface area contributed by atoms with Crippen molar-refractivity contribution in [2.45, 2.75) is 6.61 Å². The maximum atomic E-state index is 10.9. The smallest absolute Gasteiger partial charge is 0.335 e. The highest BCUT2D eigenvalue weighted by Gasteiger charge is 2.06. The van der Waals surface area contributed by atoms with Crippen LogP contribution in [-0.2, 0) is 6.61 Å². The number of halogens is 1. The zero-order valence-corrected chi connectivity index (χ0v) is 16.9. The number of hydrogen-bond acceptors (Lipinski definition) is 7. The molecule has 10 heteroatoms. The van der Waals surface area contributed by atoms with Crippen molar-refractivity contribution in [2.75, 3.05) is 5.43 Å². The van der Waals surface area contributed by atoms with Gasteiger partial charge in [-0.1, -0.05) is 12.1 Å². The lowest BCUT2D eigenvalue weighted by Gasteiger charge is -2.09. The number of rotatable bonds is 8. The molecule has 30 heavy (non-hydrogen) atoms. The topological polar surface area (TPSA) is 127 Å². The number of nitro groups is 1. The van der Waals surface area contributed by atoms with Crippen LogP contribution < -0.4 is 10.2 Å². The molecule has 1 heterocycles. The summed E-state index contributed by atoms with van der Waals surface area (Å²) in [6.07, 6.45) is 2.72. The Balaban J connectivity index is 1.57. The molecule has 0 fully saturated rings. The lowest BCUT2D eigenvalue weighted by atomic mass is 10.1. The second-order valence-corrected chi connectivity index (χ2v) is 6.86. The molecule has 3 aromatic rings. The standard InChI is InChI=1S/C20H15BrN4O5/c21-17-9-14(10-23-24-19-8-6-16(11-22-19)25(28)29)3-7-18(17)30-12-13-1-4-15(5-2-13)20(26)27/h1-11H,12H2,(H,22,24)(H,26,27)/b23-10-. The molecule has 0 saturated heterocycles. The molecule has 2 N–H and O–H groups in total. The van der Waals surface area contributed by atoms with Gasteiger partial charge < -0.3 is 9.84 Å². The summed E-state index contributed by atoms with van der Waals surface area (Å²) in [7, 11) is 0. The van der Waals surface area contributed by atoms with Crippen LogP contribution in [0.1, 0.15) is 21.5 Å². The molecule has 1 aromatic heterocycles. The minimum absolute atomic E-state index is 0.0955. The number of benzene rings is 2. The van der Waals surface area contributed by atoms with Crippen LogP contribution in [0.4, 0.5) is 11.5 Å². The predicted molar refractivity (Wildman–Crippen MR) is 114 cm³/mol. The average Bonchev–Trinajstić information content (AvgIpc) is 2.74. The lowest BCUT2D eigenvalue weighted by molar-refractivity contribution is -0.385. The number of nitrogens with zero attached hydrogens (tertiary/aromatic N) is 3. The highest BCUT2D eigenvalue weighted by molar-refractivity contribution is 9.10. The average molecular weight is 471 g/mol. The number of ether oxygens (including phenoxy) is 1. The molecular formula is C20H15BrN4O5. The van der Waals surface area contributed by atoms with E-state index in [0.717, 1.165) is 21.8 Å². The van der Waals surface area contributed by atoms with Crippen molar-refractivity contribution in [3.63, 3.8) is 0 Å².